The number of nitrogens with two attached hydrogens (primary N) is 1. The number of hydrogen-bond acceptors (Lipinski definition) is 3. The second kappa shape index (κ2) is 5.30. The number of rotatable bonds is 5. The van der Waals surface area contributed by atoms with Gasteiger partial charge in [-0.25, -0.2) is 0 Å². The van der Waals surface area contributed by atoms with Gasteiger partial charge in [0.2, 0.25) is 5.91 Å². The normalized spacial score (nSPS) is 39.9. The molecule has 4 saturated carbocycles. The Morgan fingerprint density at radius 2 is 1.75 bits per heavy atom. The lowest BCUT2D eigenvalue weighted by molar-refractivity contribution is -0.156. The first kappa shape index (κ1) is 14.3. The average Bonchev–Trinajstić information content (AvgIpc) is 2.36. The fourth-order valence-electron chi connectivity index (χ4n) is 5.48. The summed E-state index contributed by atoms with van der Waals surface area (Å²) in [6.07, 6.45) is 7.50. The highest BCUT2D eigenvalue weighted by Gasteiger charge is 2.55. The number of likely N-dealkylation sites (N-methyl/N-ethyl adjacent to an activating group) is 1. The van der Waals surface area contributed by atoms with Gasteiger partial charge in [-0.1, -0.05) is 0 Å². The highest BCUT2D eigenvalue weighted by Crippen LogP contribution is 2.60. The number of carbonyl (C=O) groups excluding carboxylic acids is 1. The zero-order chi connectivity index (χ0) is 14.3. The van der Waals surface area contributed by atoms with E-state index in [2.05, 4.69) is 0 Å². The average molecular weight is 280 g/mol. The SMILES string of the molecule is COCC(N)CN(C)C(=O)C12CC3CC(CC(C3)C1)C2. The van der Waals surface area contributed by atoms with Crippen molar-refractivity contribution in [3.05, 3.63) is 0 Å². The topological polar surface area (TPSA) is 55.6 Å². The predicted octanol–water partition coefficient (Wildman–Crippen LogP) is 1.63. The van der Waals surface area contributed by atoms with E-state index >= 15 is 0 Å². The molecule has 4 nitrogen and oxygen atoms in total. The molecule has 2 N–H and O–H groups in total. The molecule has 4 aliphatic rings. The van der Waals surface area contributed by atoms with Crippen LogP contribution < -0.4 is 5.73 Å². The number of carbonyl (C=O) groups is 1. The molecule has 0 heterocycles. The number of ether oxygens (including phenoxy) is 1. The molecular formula is C16H28N2O2. The van der Waals surface area contributed by atoms with Gasteiger partial charge >= 0.3 is 0 Å². The van der Waals surface area contributed by atoms with Gasteiger partial charge in [-0.3, -0.25) is 4.79 Å². The minimum absolute atomic E-state index is 0.0453. The Kier molecular flexibility index (Phi) is 3.80. The van der Waals surface area contributed by atoms with Gasteiger partial charge in [-0.2, -0.15) is 0 Å². The molecule has 4 rings (SSSR count). The molecule has 4 heteroatoms. The maximum atomic E-state index is 13.0. The van der Waals surface area contributed by atoms with Gasteiger partial charge in [0.15, 0.2) is 0 Å². The minimum atomic E-state index is -0.0807. The van der Waals surface area contributed by atoms with E-state index < -0.39 is 0 Å². The number of nitrogens with zero attached hydrogens (tertiary/aromatic N) is 1. The van der Waals surface area contributed by atoms with Crippen LogP contribution in [0.5, 0.6) is 0 Å². The highest BCUT2D eigenvalue weighted by atomic mass is 16.5. The van der Waals surface area contributed by atoms with Crippen molar-refractivity contribution < 1.29 is 9.53 Å². The fourth-order valence-corrected chi connectivity index (χ4v) is 5.48. The van der Waals surface area contributed by atoms with E-state index in [1.165, 1.54) is 19.3 Å². The van der Waals surface area contributed by atoms with Crippen molar-refractivity contribution in [3.8, 4) is 0 Å². The van der Waals surface area contributed by atoms with Crippen LogP contribution in [-0.4, -0.2) is 44.2 Å². The Bertz CT molecular complexity index is 347. The largest absolute Gasteiger partial charge is 0.383 e. The lowest BCUT2D eigenvalue weighted by Gasteiger charge is -2.56. The van der Waals surface area contributed by atoms with Crippen molar-refractivity contribution in [3.63, 3.8) is 0 Å². The molecule has 4 aliphatic carbocycles. The van der Waals surface area contributed by atoms with Crippen LogP contribution in [0.4, 0.5) is 0 Å². The maximum Gasteiger partial charge on any atom is 0.228 e. The number of methoxy groups -OCH3 is 1. The first-order valence-electron chi connectivity index (χ1n) is 8.02. The zero-order valence-corrected chi connectivity index (χ0v) is 12.8. The zero-order valence-electron chi connectivity index (χ0n) is 12.8. The van der Waals surface area contributed by atoms with E-state index in [1.807, 2.05) is 11.9 Å². The molecule has 0 saturated heterocycles. The number of hydrogen-bond donors (Lipinski definition) is 1. The fraction of sp³-hybridized carbons (Fsp3) is 0.938. The summed E-state index contributed by atoms with van der Waals surface area (Å²) in [5.41, 5.74) is 5.95. The van der Waals surface area contributed by atoms with Crippen LogP contribution >= 0.6 is 0 Å². The first-order chi connectivity index (χ1) is 9.52. The van der Waals surface area contributed by atoms with Gasteiger partial charge in [-0.15, -0.1) is 0 Å². The molecule has 0 radical (unpaired) electrons. The smallest absolute Gasteiger partial charge is 0.228 e. The quantitative estimate of drug-likeness (QED) is 0.833. The van der Waals surface area contributed by atoms with Crippen LogP contribution in [0.3, 0.4) is 0 Å². The van der Waals surface area contributed by atoms with Gasteiger partial charge in [0.1, 0.15) is 0 Å². The summed E-state index contributed by atoms with van der Waals surface area (Å²) in [7, 11) is 3.57. The third-order valence-electron chi connectivity index (χ3n) is 5.73. The third-order valence-corrected chi connectivity index (χ3v) is 5.73. The van der Waals surface area contributed by atoms with Crippen LogP contribution in [-0.2, 0) is 9.53 Å². The van der Waals surface area contributed by atoms with Crippen LogP contribution in [0.2, 0.25) is 0 Å². The molecule has 1 amide bonds. The van der Waals surface area contributed by atoms with Crippen LogP contribution in [0, 0.1) is 23.2 Å². The highest BCUT2D eigenvalue weighted by molar-refractivity contribution is 5.83. The van der Waals surface area contributed by atoms with Gasteiger partial charge in [0, 0.05) is 26.7 Å². The molecule has 1 atom stereocenters. The van der Waals surface area contributed by atoms with Crippen molar-refractivity contribution in [2.45, 2.75) is 44.6 Å². The molecule has 0 aromatic heterocycles. The van der Waals surface area contributed by atoms with Crippen molar-refractivity contribution in [2.75, 3.05) is 27.3 Å². The Labute approximate surface area is 122 Å². The van der Waals surface area contributed by atoms with E-state index in [0.717, 1.165) is 37.0 Å². The lowest BCUT2D eigenvalue weighted by atomic mass is 9.49. The molecule has 20 heavy (non-hydrogen) atoms. The molecule has 0 aromatic carbocycles. The summed E-state index contributed by atoms with van der Waals surface area (Å²) in [5, 5.41) is 0. The molecule has 4 bridgehead atoms. The standard InChI is InChI=1S/C16H28N2O2/c1-18(9-14(17)10-20-2)15(19)16-6-11-3-12(7-16)5-13(4-11)8-16/h11-14H,3-10,17H2,1-2H3. The minimum Gasteiger partial charge on any atom is -0.383 e. The van der Waals surface area contributed by atoms with E-state index in [0.29, 0.717) is 19.1 Å². The second-order valence-electron chi connectivity index (χ2n) is 7.60. The van der Waals surface area contributed by atoms with Crippen molar-refractivity contribution in [1.82, 2.24) is 4.90 Å². The lowest BCUT2D eigenvalue weighted by Crippen LogP contribution is -2.55. The maximum absolute atomic E-state index is 13.0. The molecule has 0 spiro atoms. The molecular weight excluding hydrogens is 252 g/mol. The van der Waals surface area contributed by atoms with Crippen LogP contribution in [0.1, 0.15) is 38.5 Å². The van der Waals surface area contributed by atoms with E-state index in [1.54, 1.807) is 7.11 Å². The van der Waals surface area contributed by atoms with Gasteiger partial charge in [0.05, 0.1) is 12.0 Å². The summed E-state index contributed by atoms with van der Waals surface area (Å²) in [4.78, 5) is 14.8. The Hall–Kier alpha value is -0.610. The van der Waals surface area contributed by atoms with E-state index in [-0.39, 0.29) is 11.5 Å². The van der Waals surface area contributed by atoms with Crippen LogP contribution in [0.15, 0.2) is 0 Å². The van der Waals surface area contributed by atoms with Gasteiger partial charge in [0.25, 0.3) is 0 Å². The summed E-state index contributed by atoms with van der Waals surface area (Å²) < 4.78 is 5.07. The molecule has 0 aromatic rings. The summed E-state index contributed by atoms with van der Waals surface area (Å²) in [6.45, 7) is 1.12. The summed E-state index contributed by atoms with van der Waals surface area (Å²) >= 11 is 0. The van der Waals surface area contributed by atoms with Gasteiger partial charge < -0.3 is 15.4 Å². The molecule has 4 fully saturated rings. The summed E-state index contributed by atoms with van der Waals surface area (Å²) in [6, 6.07) is -0.0807. The number of amides is 1. The Morgan fingerprint density at radius 1 is 1.25 bits per heavy atom. The van der Waals surface area contributed by atoms with Crippen LogP contribution in [0.25, 0.3) is 0 Å². The first-order valence-corrected chi connectivity index (χ1v) is 8.02. The van der Waals surface area contributed by atoms with Crippen molar-refractivity contribution >= 4 is 5.91 Å². The van der Waals surface area contributed by atoms with E-state index in [4.69, 9.17) is 10.5 Å². The van der Waals surface area contributed by atoms with Gasteiger partial charge in [-0.05, 0) is 56.3 Å². The monoisotopic (exact) mass is 280 g/mol. The summed E-state index contributed by atoms with van der Waals surface area (Å²) in [5.74, 6) is 2.78. The Morgan fingerprint density at radius 3 is 2.20 bits per heavy atom. The third kappa shape index (κ3) is 2.48. The Balaban J connectivity index is 1.67. The van der Waals surface area contributed by atoms with E-state index in [9.17, 15) is 4.79 Å². The van der Waals surface area contributed by atoms with Crippen molar-refractivity contribution in [2.24, 2.45) is 28.9 Å². The second-order valence-corrected chi connectivity index (χ2v) is 7.60. The van der Waals surface area contributed by atoms with Crippen molar-refractivity contribution in [1.29, 1.82) is 0 Å². The molecule has 0 aliphatic heterocycles. The molecule has 114 valence electrons. The molecule has 1 unspecified atom stereocenters. The predicted molar refractivity (Wildman–Crippen MR) is 78.1 cm³/mol.